The first-order chi connectivity index (χ1) is 13.2. The molecule has 0 bridgehead atoms. The molecule has 1 unspecified atom stereocenters. The van der Waals surface area contributed by atoms with Crippen LogP contribution in [0.4, 0.5) is 5.95 Å². The second kappa shape index (κ2) is 7.56. The minimum absolute atomic E-state index is 0.00256. The van der Waals surface area contributed by atoms with E-state index in [1.54, 1.807) is 35.8 Å². The van der Waals surface area contributed by atoms with Gasteiger partial charge in [-0.1, -0.05) is 37.8 Å². The van der Waals surface area contributed by atoms with Gasteiger partial charge in [0.2, 0.25) is 6.29 Å². The summed E-state index contributed by atoms with van der Waals surface area (Å²) in [4.78, 5) is 33.3. The standard InChI is InChI=1S/C18H23N5O4Si/c1-12(27-17(25)13-8-6-5-7-9-13)26-11-22-10-20-14-15(22)21-18(19)23(16(14)24)28(2,3)4/h5-10,12H,11H2,1-4H3,(H2,19,21). The van der Waals surface area contributed by atoms with Crippen LogP contribution in [0.15, 0.2) is 41.5 Å². The second-order valence-corrected chi connectivity index (χ2v) is 12.1. The molecule has 0 amide bonds. The number of carbonyl (C=O) groups is 1. The average Bonchev–Trinajstić information content (AvgIpc) is 3.02. The van der Waals surface area contributed by atoms with Crippen molar-refractivity contribution in [1.29, 1.82) is 0 Å². The van der Waals surface area contributed by atoms with Gasteiger partial charge in [0.05, 0.1) is 11.9 Å². The Morgan fingerprint density at radius 2 is 1.93 bits per heavy atom. The van der Waals surface area contributed by atoms with E-state index in [1.807, 2.05) is 25.7 Å². The van der Waals surface area contributed by atoms with Gasteiger partial charge in [0, 0.05) is 0 Å². The van der Waals surface area contributed by atoms with Crippen LogP contribution in [-0.2, 0) is 16.2 Å². The van der Waals surface area contributed by atoms with Crippen LogP contribution in [0.1, 0.15) is 17.3 Å². The van der Waals surface area contributed by atoms with E-state index < -0.39 is 20.5 Å². The monoisotopic (exact) mass is 401 g/mol. The number of fused-ring (bicyclic) bond motifs is 1. The highest BCUT2D eigenvalue weighted by Gasteiger charge is 2.24. The molecule has 2 N–H and O–H groups in total. The van der Waals surface area contributed by atoms with E-state index in [0.717, 1.165) is 0 Å². The Labute approximate surface area is 162 Å². The van der Waals surface area contributed by atoms with Gasteiger partial charge in [-0.3, -0.25) is 9.36 Å². The Hall–Kier alpha value is -2.98. The van der Waals surface area contributed by atoms with Crippen LogP contribution < -0.4 is 11.3 Å². The number of esters is 1. The van der Waals surface area contributed by atoms with Crippen LogP contribution in [0, 0.1) is 0 Å². The molecule has 148 valence electrons. The maximum atomic E-state index is 12.7. The van der Waals surface area contributed by atoms with E-state index in [2.05, 4.69) is 9.97 Å². The smallest absolute Gasteiger partial charge is 0.340 e. The first-order valence-corrected chi connectivity index (χ1v) is 12.2. The number of nitrogens with zero attached hydrogens (tertiary/aromatic N) is 4. The van der Waals surface area contributed by atoms with Gasteiger partial charge in [0.15, 0.2) is 25.3 Å². The highest BCUT2D eigenvalue weighted by molar-refractivity contribution is 6.74. The molecule has 2 aromatic heterocycles. The average molecular weight is 401 g/mol. The minimum Gasteiger partial charge on any atom is -0.432 e. The number of carbonyl (C=O) groups excluding carboxylic acids is 1. The zero-order valence-electron chi connectivity index (χ0n) is 16.2. The summed E-state index contributed by atoms with van der Waals surface area (Å²) in [5.74, 6) is -0.328. The molecule has 0 fully saturated rings. The first-order valence-electron chi connectivity index (χ1n) is 8.80. The first kappa shape index (κ1) is 19.8. The van der Waals surface area contributed by atoms with Crippen molar-refractivity contribution in [1.82, 2.24) is 18.8 Å². The van der Waals surface area contributed by atoms with E-state index in [4.69, 9.17) is 15.2 Å². The van der Waals surface area contributed by atoms with Gasteiger partial charge in [0.25, 0.3) is 5.56 Å². The predicted molar refractivity (Wildman–Crippen MR) is 107 cm³/mol. The number of nitrogens with two attached hydrogens (primary N) is 1. The van der Waals surface area contributed by atoms with Crippen LogP contribution in [0.25, 0.3) is 11.2 Å². The van der Waals surface area contributed by atoms with Crippen molar-refractivity contribution in [2.75, 3.05) is 5.73 Å². The number of imidazole rings is 1. The van der Waals surface area contributed by atoms with Gasteiger partial charge in [-0.15, -0.1) is 0 Å². The van der Waals surface area contributed by atoms with Gasteiger partial charge < -0.3 is 19.4 Å². The third kappa shape index (κ3) is 3.97. The number of aromatic nitrogens is 4. The Bertz CT molecular complexity index is 1060. The van der Waals surface area contributed by atoms with Crippen LogP contribution >= 0.6 is 0 Å². The topological polar surface area (TPSA) is 114 Å². The molecule has 0 aliphatic rings. The summed E-state index contributed by atoms with van der Waals surface area (Å²) >= 11 is 0. The summed E-state index contributed by atoms with van der Waals surface area (Å²) in [6.07, 6.45) is 0.656. The van der Waals surface area contributed by atoms with Crippen molar-refractivity contribution in [2.45, 2.75) is 39.6 Å². The van der Waals surface area contributed by atoms with Gasteiger partial charge in [0.1, 0.15) is 6.73 Å². The summed E-state index contributed by atoms with van der Waals surface area (Å²) in [7, 11) is -2.04. The van der Waals surface area contributed by atoms with Crippen LogP contribution in [-0.4, -0.2) is 39.3 Å². The number of benzene rings is 1. The van der Waals surface area contributed by atoms with Gasteiger partial charge in [-0.05, 0) is 19.1 Å². The van der Waals surface area contributed by atoms with E-state index >= 15 is 0 Å². The highest BCUT2D eigenvalue weighted by Crippen LogP contribution is 2.14. The van der Waals surface area contributed by atoms with Crippen molar-refractivity contribution in [3.8, 4) is 0 Å². The second-order valence-electron chi connectivity index (χ2n) is 7.30. The molecule has 0 aliphatic carbocycles. The summed E-state index contributed by atoms with van der Waals surface area (Å²) in [5, 5.41) is 0. The SMILES string of the molecule is CC(OCn1cnc2c(=O)n([Si](C)(C)C)c(N)nc21)OC(=O)c1ccccc1. The molecule has 1 aromatic carbocycles. The van der Waals surface area contributed by atoms with Crippen molar-refractivity contribution in [3.05, 3.63) is 52.6 Å². The lowest BCUT2D eigenvalue weighted by atomic mass is 10.2. The molecule has 3 rings (SSSR count). The molecule has 28 heavy (non-hydrogen) atoms. The number of rotatable bonds is 6. The van der Waals surface area contributed by atoms with Crippen molar-refractivity contribution >= 4 is 31.3 Å². The van der Waals surface area contributed by atoms with Crippen LogP contribution in [0.3, 0.4) is 0 Å². The third-order valence-corrected chi connectivity index (χ3v) is 5.84. The molecule has 2 heterocycles. The van der Waals surface area contributed by atoms with E-state index in [-0.39, 0.29) is 23.8 Å². The molecule has 0 saturated heterocycles. The Morgan fingerprint density at radius 1 is 1.25 bits per heavy atom. The summed E-state index contributed by atoms with van der Waals surface area (Å²) < 4.78 is 13.9. The Balaban J connectivity index is 1.75. The lowest BCUT2D eigenvalue weighted by molar-refractivity contribution is -0.120. The minimum atomic E-state index is -2.04. The molecule has 0 saturated carbocycles. The fourth-order valence-corrected chi connectivity index (χ4v) is 4.22. The lowest BCUT2D eigenvalue weighted by Crippen LogP contribution is -2.43. The summed E-state index contributed by atoms with van der Waals surface area (Å²) in [6, 6.07) is 8.64. The molecule has 1 atom stereocenters. The molecular weight excluding hydrogens is 378 g/mol. The molecule has 10 heteroatoms. The molecule has 0 spiro atoms. The van der Waals surface area contributed by atoms with Crippen molar-refractivity contribution in [3.63, 3.8) is 0 Å². The zero-order chi connectivity index (χ0) is 20.5. The van der Waals surface area contributed by atoms with Gasteiger partial charge >= 0.3 is 5.97 Å². The maximum Gasteiger partial charge on any atom is 0.340 e. The van der Waals surface area contributed by atoms with Crippen LogP contribution in [0.5, 0.6) is 0 Å². The van der Waals surface area contributed by atoms with E-state index in [0.29, 0.717) is 11.2 Å². The maximum absolute atomic E-state index is 12.7. The zero-order valence-corrected chi connectivity index (χ0v) is 17.2. The van der Waals surface area contributed by atoms with Crippen LogP contribution in [0.2, 0.25) is 19.6 Å². The fourth-order valence-electron chi connectivity index (χ4n) is 2.77. The molecule has 0 aliphatic heterocycles. The molecule has 3 aromatic rings. The number of hydrogen-bond acceptors (Lipinski definition) is 7. The normalized spacial score (nSPS) is 12.9. The molecule has 9 nitrogen and oxygen atoms in total. The quantitative estimate of drug-likeness (QED) is 0.382. The number of hydrogen-bond donors (Lipinski definition) is 1. The highest BCUT2D eigenvalue weighted by atomic mass is 28.3. The Kier molecular flexibility index (Phi) is 5.34. The summed E-state index contributed by atoms with van der Waals surface area (Å²) in [6.45, 7) is 7.62. The lowest BCUT2D eigenvalue weighted by Gasteiger charge is -2.21. The van der Waals surface area contributed by atoms with E-state index in [1.165, 1.54) is 10.6 Å². The largest absolute Gasteiger partial charge is 0.432 e. The fraction of sp³-hybridized carbons (Fsp3) is 0.333. The predicted octanol–water partition coefficient (Wildman–Crippen LogP) is 2.04. The van der Waals surface area contributed by atoms with Gasteiger partial charge in [-0.25, -0.2) is 9.78 Å². The van der Waals surface area contributed by atoms with Gasteiger partial charge in [-0.2, -0.15) is 4.98 Å². The Morgan fingerprint density at radius 3 is 2.57 bits per heavy atom. The number of anilines is 1. The molecule has 0 radical (unpaired) electrons. The van der Waals surface area contributed by atoms with Crippen molar-refractivity contribution < 1.29 is 14.3 Å². The molecular formula is C18H23N5O4Si. The third-order valence-electron chi connectivity index (χ3n) is 4.07. The number of ether oxygens (including phenoxy) is 2. The summed E-state index contributed by atoms with van der Waals surface area (Å²) in [5.41, 5.74) is 6.76. The van der Waals surface area contributed by atoms with Crippen molar-refractivity contribution in [2.24, 2.45) is 0 Å². The number of nitrogen functional groups attached to an aromatic ring is 1. The van der Waals surface area contributed by atoms with E-state index in [9.17, 15) is 9.59 Å².